The molecule has 23 heavy (non-hydrogen) atoms. The van der Waals surface area contributed by atoms with Gasteiger partial charge in [-0.2, -0.15) is 4.98 Å². The molecule has 1 fully saturated rings. The monoisotopic (exact) mass is 415 g/mol. The van der Waals surface area contributed by atoms with Crippen LogP contribution in [-0.4, -0.2) is 25.3 Å². The third-order valence-corrected chi connectivity index (χ3v) is 4.91. The van der Waals surface area contributed by atoms with E-state index in [0.717, 1.165) is 12.8 Å². The average Bonchev–Trinajstić information content (AvgIpc) is 3.33. The summed E-state index contributed by atoms with van der Waals surface area (Å²) in [7, 11) is 0. The highest BCUT2D eigenvalue weighted by Gasteiger charge is 2.26. The fraction of sp³-hybridized carbons (Fsp3) is 0.286. The zero-order chi connectivity index (χ0) is 16.4. The normalized spacial score (nSPS) is 15.3. The van der Waals surface area contributed by atoms with Crippen LogP contribution in [0.15, 0.2) is 34.9 Å². The molecule has 1 aliphatic rings. The lowest BCUT2D eigenvalue weighted by Gasteiger charge is -2.28. The molecular formula is C14H13BrClN4O2S-. The van der Waals surface area contributed by atoms with Crippen molar-refractivity contribution >= 4 is 56.0 Å². The van der Waals surface area contributed by atoms with Crippen molar-refractivity contribution < 1.29 is 8.76 Å². The van der Waals surface area contributed by atoms with Gasteiger partial charge in [0.25, 0.3) is 0 Å². The highest BCUT2D eigenvalue weighted by Crippen LogP contribution is 2.36. The summed E-state index contributed by atoms with van der Waals surface area (Å²) >= 11 is 6.83. The number of nitrogens with zero attached hydrogens (tertiary/aromatic N) is 3. The molecule has 1 aromatic carbocycles. The quantitative estimate of drug-likeness (QED) is 0.574. The van der Waals surface area contributed by atoms with E-state index in [1.807, 2.05) is 6.07 Å². The summed E-state index contributed by atoms with van der Waals surface area (Å²) in [5.74, 6) is 0.904. The topological polar surface area (TPSA) is 81.2 Å². The molecule has 0 radical (unpaired) electrons. The number of anilines is 3. The van der Waals surface area contributed by atoms with Crippen molar-refractivity contribution in [2.75, 3.05) is 16.2 Å². The van der Waals surface area contributed by atoms with E-state index in [4.69, 9.17) is 11.6 Å². The van der Waals surface area contributed by atoms with Gasteiger partial charge in [-0.3, -0.25) is 4.21 Å². The molecule has 1 N–H and O–H groups in total. The highest BCUT2D eigenvalue weighted by atomic mass is 79.9. The predicted molar refractivity (Wildman–Crippen MR) is 93.5 cm³/mol. The molecule has 9 heteroatoms. The predicted octanol–water partition coefficient (Wildman–Crippen LogP) is 3.65. The molecule has 3 rings (SSSR count). The van der Waals surface area contributed by atoms with Crippen molar-refractivity contribution in [2.45, 2.75) is 12.8 Å². The lowest BCUT2D eigenvalue weighted by molar-refractivity contribution is 0.530. The zero-order valence-electron chi connectivity index (χ0n) is 11.9. The summed E-state index contributed by atoms with van der Waals surface area (Å²) in [4.78, 5) is 7.98. The largest absolute Gasteiger partial charge is 0.755 e. The third kappa shape index (κ3) is 4.20. The molecule has 0 spiro atoms. The van der Waals surface area contributed by atoms with Crippen LogP contribution in [0.2, 0.25) is 5.28 Å². The van der Waals surface area contributed by atoms with Gasteiger partial charge in [0, 0.05) is 24.0 Å². The zero-order valence-corrected chi connectivity index (χ0v) is 15.1. The molecule has 1 atom stereocenters. The minimum atomic E-state index is -2.34. The molecule has 1 heterocycles. The lowest BCUT2D eigenvalue weighted by Crippen LogP contribution is -2.28. The molecule has 0 saturated heterocycles. The average molecular weight is 417 g/mol. The standard InChI is InChI=1S/C14H14BrClN4O2S/c15-10-7-17-14(16)19-13(10)18-11-3-1-2-4-12(11)20(23(21)22)8-9-5-6-9/h1-4,7,9H,5-6,8H2,(H,21,22)(H,17,18,19)/p-1. The van der Waals surface area contributed by atoms with E-state index in [-0.39, 0.29) is 5.28 Å². The fourth-order valence-corrected chi connectivity index (χ4v) is 3.21. The molecular weight excluding hydrogens is 404 g/mol. The van der Waals surface area contributed by atoms with Gasteiger partial charge in [0.05, 0.1) is 15.8 Å². The van der Waals surface area contributed by atoms with Gasteiger partial charge in [-0.25, -0.2) is 4.98 Å². The summed E-state index contributed by atoms with van der Waals surface area (Å²) in [5.41, 5.74) is 1.21. The number of nitrogens with one attached hydrogen (secondary N) is 1. The Hall–Kier alpha value is -1.22. The molecule has 0 aliphatic heterocycles. The highest BCUT2D eigenvalue weighted by molar-refractivity contribution is 9.10. The van der Waals surface area contributed by atoms with Gasteiger partial charge in [0.15, 0.2) is 0 Å². The van der Waals surface area contributed by atoms with E-state index in [0.29, 0.717) is 34.1 Å². The lowest BCUT2D eigenvalue weighted by atomic mass is 10.2. The summed E-state index contributed by atoms with van der Waals surface area (Å²) in [5, 5.41) is 3.22. The van der Waals surface area contributed by atoms with Crippen LogP contribution in [0.4, 0.5) is 17.2 Å². The molecule has 2 aromatic rings. The first-order valence-corrected chi connectivity index (χ1v) is 9.16. The molecule has 1 aliphatic carbocycles. The Morgan fingerprint density at radius 3 is 2.87 bits per heavy atom. The van der Waals surface area contributed by atoms with Crippen molar-refractivity contribution in [3.05, 3.63) is 40.2 Å². The summed E-state index contributed by atoms with van der Waals surface area (Å²) in [6, 6.07) is 7.18. The number of para-hydroxylation sites is 2. The van der Waals surface area contributed by atoms with E-state index in [1.165, 1.54) is 10.5 Å². The fourth-order valence-electron chi connectivity index (χ4n) is 2.13. The smallest absolute Gasteiger partial charge is 0.224 e. The van der Waals surface area contributed by atoms with Crippen molar-refractivity contribution in [1.82, 2.24) is 9.97 Å². The maximum Gasteiger partial charge on any atom is 0.224 e. The number of benzene rings is 1. The van der Waals surface area contributed by atoms with Crippen molar-refractivity contribution in [1.29, 1.82) is 0 Å². The third-order valence-electron chi connectivity index (χ3n) is 3.44. The maximum absolute atomic E-state index is 11.6. The molecule has 122 valence electrons. The minimum Gasteiger partial charge on any atom is -0.755 e. The van der Waals surface area contributed by atoms with E-state index in [1.54, 1.807) is 18.2 Å². The number of halogens is 2. The number of aromatic nitrogens is 2. The Kier molecular flexibility index (Phi) is 5.15. The minimum absolute atomic E-state index is 0.107. The first kappa shape index (κ1) is 16.6. The molecule has 1 unspecified atom stereocenters. The molecule has 6 nitrogen and oxygen atoms in total. The Bertz CT molecular complexity index is 744. The van der Waals surface area contributed by atoms with Crippen LogP contribution in [0.5, 0.6) is 0 Å². The molecule has 0 bridgehead atoms. The van der Waals surface area contributed by atoms with Gasteiger partial charge in [0.2, 0.25) is 5.28 Å². The second-order valence-electron chi connectivity index (χ2n) is 5.20. The van der Waals surface area contributed by atoms with Gasteiger partial charge in [-0.1, -0.05) is 12.1 Å². The van der Waals surface area contributed by atoms with Crippen LogP contribution in [-0.2, 0) is 11.3 Å². The SMILES string of the molecule is O=S([O-])N(CC1CC1)c1ccccc1Nc1nc(Cl)ncc1Br. The van der Waals surface area contributed by atoms with Gasteiger partial charge in [0.1, 0.15) is 5.82 Å². The van der Waals surface area contributed by atoms with Crippen LogP contribution < -0.4 is 9.62 Å². The summed E-state index contributed by atoms with van der Waals surface area (Å²) < 4.78 is 25.3. The first-order valence-electron chi connectivity index (χ1n) is 6.95. The number of hydrogen-bond acceptors (Lipinski definition) is 5. The van der Waals surface area contributed by atoms with Crippen LogP contribution >= 0.6 is 27.5 Å². The van der Waals surface area contributed by atoms with E-state index in [2.05, 4.69) is 31.2 Å². The van der Waals surface area contributed by atoms with E-state index >= 15 is 0 Å². The summed E-state index contributed by atoms with van der Waals surface area (Å²) in [6.07, 6.45) is 3.67. The van der Waals surface area contributed by atoms with Crippen molar-refractivity contribution in [3.8, 4) is 0 Å². The van der Waals surface area contributed by atoms with E-state index < -0.39 is 11.3 Å². The number of hydrogen-bond donors (Lipinski definition) is 1. The summed E-state index contributed by atoms with van der Waals surface area (Å²) in [6.45, 7) is 0.487. The van der Waals surface area contributed by atoms with Gasteiger partial charge in [-0.05, 0) is 58.4 Å². The van der Waals surface area contributed by atoms with Gasteiger partial charge < -0.3 is 14.2 Å². The first-order chi connectivity index (χ1) is 11.0. The van der Waals surface area contributed by atoms with Gasteiger partial charge in [-0.15, -0.1) is 0 Å². The Balaban J connectivity index is 1.93. The van der Waals surface area contributed by atoms with Crippen LogP contribution in [0.25, 0.3) is 0 Å². The van der Waals surface area contributed by atoms with Crippen molar-refractivity contribution in [2.24, 2.45) is 5.92 Å². The maximum atomic E-state index is 11.6. The number of rotatable bonds is 6. The molecule has 1 saturated carbocycles. The second-order valence-corrected chi connectivity index (χ2v) is 7.27. The van der Waals surface area contributed by atoms with Crippen LogP contribution in [0.3, 0.4) is 0 Å². The second kappa shape index (κ2) is 7.12. The Morgan fingerprint density at radius 2 is 2.17 bits per heavy atom. The van der Waals surface area contributed by atoms with Crippen molar-refractivity contribution in [3.63, 3.8) is 0 Å². The molecule has 0 amide bonds. The van der Waals surface area contributed by atoms with Gasteiger partial charge >= 0.3 is 0 Å². The van der Waals surface area contributed by atoms with E-state index in [9.17, 15) is 8.76 Å². The Morgan fingerprint density at radius 1 is 1.43 bits per heavy atom. The molecule has 1 aromatic heterocycles. The Labute approximate surface area is 149 Å². The van der Waals surface area contributed by atoms with Crippen LogP contribution in [0, 0.1) is 5.92 Å². The van der Waals surface area contributed by atoms with Crippen LogP contribution in [0.1, 0.15) is 12.8 Å².